The molecule has 1 heterocycles. The van der Waals surface area contributed by atoms with Crippen molar-refractivity contribution in [1.82, 2.24) is 9.88 Å². The Hall–Kier alpha value is -2.37. The maximum atomic E-state index is 14.0. The number of nitrogens with one attached hydrogen (secondary N) is 1. The van der Waals surface area contributed by atoms with Gasteiger partial charge in [-0.25, -0.2) is 4.39 Å². The van der Waals surface area contributed by atoms with Crippen LogP contribution in [0.3, 0.4) is 0 Å². The highest BCUT2D eigenvalue weighted by molar-refractivity contribution is 5.98. The van der Waals surface area contributed by atoms with E-state index >= 15 is 0 Å². The lowest BCUT2D eigenvalue weighted by Crippen LogP contribution is -2.24. The Morgan fingerprint density at radius 2 is 2.25 bits per heavy atom. The topological polar surface area (TPSA) is 71.2 Å². The summed E-state index contributed by atoms with van der Waals surface area (Å²) in [4.78, 5) is 17.1. The van der Waals surface area contributed by atoms with Crippen LogP contribution in [0.25, 0.3) is 10.9 Å². The SMILES string of the molecule is CN(C)C(=O)CCNc1c(F)cc(N)c2cccnc12. The molecule has 0 saturated heterocycles. The number of hydrogen-bond acceptors (Lipinski definition) is 4. The summed E-state index contributed by atoms with van der Waals surface area (Å²) < 4.78 is 14.0. The van der Waals surface area contributed by atoms with Crippen LogP contribution in [0.15, 0.2) is 24.4 Å². The number of nitrogens with two attached hydrogens (primary N) is 1. The molecule has 2 rings (SSSR count). The van der Waals surface area contributed by atoms with E-state index in [1.54, 1.807) is 32.4 Å². The third-order valence-electron chi connectivity index (χ3n) is 3.02. The lowest BCUT2D eigenvalue weighted by Gasteiger charge is -2.13. The number of nitrogen functional groups attached to an aromatic ring is 1. The van der Waals surface area contributed by atoms with Gasteiger partial charge in [0.15, 0.2) is 5.82 Å². The van der Waals surface area contributed by atoms with Gasteiger partial charge in [-0.2, -0.15) is 0 Å². The monoisotopic (exact) mass is 276 g/mol. The van der Waals surface area contributed by atoms with Crippen molar-refractivity contribution in [2.75, 3.05) is 31.7 Å². The molecule has 0 fully saturated rings. The highest BCUT2D eigenvalue weighted by Gasteiger charge is 2.12. The van der Waals surface area contributed by atoms with Gasteiger partial charge in [-0.05, 0) is 18.2 Å². The smallest absolute Gasteiger partial charge is 0.223 e. The van der Waals surface area contributed by atoms with E-state index in [0.29, 0.717) is 23.1 Å². The first-order valence-corrected chi connectivity index (χ1v) is 6.27. The number of anilines is 2. The number of fused-ring (bicyclic) bond motifs is 1. The summed E-state index contributed by atoms with van der Waals surface area (Å²) in [5, 5.41) is 3.62. The summed E-state index contributed by atoms with van der Waals surface area (Å²) in [5.74, 6) is -0.489. The van der Waals surface area contributed by atoms with Gasteiger partial charge in [0, 0.05) is 44.3 Å². The minimum atomic E-state index is -0.467. The Kier molecular flexibility index (Phi) is 4.02. The van der Waals surface area contributed by atoms with Crippen LogP contribution in [-0.2, 0) is 4.79 Å². The average Bonchev–Trinajstić information content (AvgIpc) is 2.42. The number of halogens is 1. The molecule has 0 aliphatic rings. The lowest BCUT2D eigenvalue weighted by molar-refractivity contribution is -0.128. The third-order valence-corrected chi connectivity index (χ3v) is 3.02. The summed E-state index contributed by atoms with van der Waals surface area (Å²) in [6, 6.07) is 4.79. The van der Waals surface area contributed by atoms with Gasteiger partial charge in [0.25, 0.3) is 0 Å². The Bertz CT molecular complexity index is 642. The zero-order valence-corrected chi connectivity index (χ0v) is 11.5. The van der Waals surface area contributed by atoms with Crippen molar-refractivity contribution in [2.24, 2.45) is 0 Å². The lowest BCUT2D eigenvalue weighted by atomic mass is 10.1. The molecule has 5 nitrogen and oxygen atoms in total. The summed E-state index contributed by atoms with van der Waals surface area (Å²) in [7, 11) is 3.37. The van der Waals surface area contributed by atoms with E-state index in [1.165, 1.54) is 11.0 Å². The molecule has 0 aliphatic heterocycles. The molecule has 106 valence electrons. The number of nitrogens with zero attached hydrogens (tertiary/aromatic N) is 2. The number of pyridine rings is 1. The molecular formula is C14H17FN4O. The second-order valence-corrected chi connectivity index (χ2v) is 4.69. The molecule has 0 atom stereocenters. The molecule has 0 radical (unpaired) electrons. The van der Waals surface area contributed by atoms with Crippen LogP contribution in [0.4, 0.5) is 15.8 Å². The van der Waals surface area contributed by atoms with Gasteiger partial charge in [-0.3, -0.25) is 9.78 Å². The van der Waals surface area contributed by atoms with Crippen molar-refractivity contribution in [2.45, 2.75) is 6.42 Å². The van der Waals surface area contributed by atoms with Crippen LogP contribution in [0.2, 0.25) is 0 Å². The van der Waals surface area contributed by atoms with E-state index in [0.717, 1.165) is 0 Å². The fourth-order valence-corrected chi connectivity index (χ4v) is 1.92. The zero-order valence-electron chi connectivity index (χ0n) is 11.5. The molecule has 1 amide bonds. The second-order valence-electron chi connectivity index (χ2n) is 4.69. The standard InChI is InChI=1S/C14H17FN4O/c1-19(2)12(20)5-7-18-14-10(15)8-11(16)9-4-3-6-17-13(9)14/h3-4,6,8,18H,5,7,16H2,1-2H3. The van der Waals surface area contributed by atoms with E-state index in [9.17, 15) is 9.18 Å². The Morgan fingerprint density at radius 1 is 1.50 bits per heavy atom. The van der Waals surface area contributed by atoms with E-state index in [1.807, 2.05) is 0 Å². The number of carbonyl (C=O) groups excluding carboxylic acids is 1. The van der Waals surface area contributed by atoms with Gasteiger partial charge in [0.2, 0.25) is 5.91 Å². The van der Waals surface area contributed by atoms with Crippen molar-refractivity contribution in [3.63, 3.8) is 0 Å². The number of benzene rings is 1. The van der Waals surface area contributed by atoms with E-state index < -0.39 is 5.82 Å². The van der Waals surface area contributed by atoms with Crippen molar-refractivity contribution < 1.29 is 9.18 Å². The van der Waals surface area contributed by atoms with Gasteiger partial charge in [0.05, 0.1) is 11.2 Å². The number of aromatic nitrogens is 1. The van der Waals surface area contributed by atoms with E-state index in [4.69, 9.17) is 5.73 Å². The molecule has 6 heteroatoms. The van der Waals surface area contributed by atoms with Gasteiger partial charge in [-0.1, -0.05) is 0 Å². The molecule has 0 spiro atoms. The largest absolute Gasteiger partial charge is 0.398 e. The van der Waals surface area contributed by atoms with Gasteiger partial charge in [-0.15, -0.1) is 0 Å². The van der Waals surface area contributed by atoms with Crippen LogP contribution in [0.5, 0.6) is 0 Å². The summed E-state index contributed by atoms with van der Waals surface area (Å²) >= 11 is 0. The predicted octanol–water partition coefficient (Wildman–Crippen LogP) is 1.85. The molecule has 0 unspecified atom stereocenters. The first-order chi connectivity index (χ1) is 9.50. The van der Waals surface area contributed by atoms with Crippen LogP contribution in [-0.4, -0.2) is 36.4 Å². The van der Waals surface area contributed by atoms with Gasteiger partial charge in [0.1, 0.15) is 0 Å². The minimum absolute atomic E-state index is 0.0226. The molecule has 3 N–H and O–H groups in total. The van der Waals surface area contributed by atoms with Gasteiger partial charge >= 0.3 is 0 Å². The zero-order chi connectivity index (χ0) is 14.7. The molecule has 1 aromatic carbocycles. The fraction of sp³-hybridized carbons (Fsp3) is 0.286. The summed E-state index contributed by atoms with van der Waals surface area (Å²) in [6.07, 6.45) is 1.86. The highest BCUT2D eigenvalue weighted by atomic mass is 19.1. The van der Waals surface area contributed by atoms with Crippen molar-refractivity contribution in [3.8, 4) is 0 Å². The first-order valence-electron chi connectivity index (χ1n) is 6.27. The first kappa shape index (κ1) is 14.0. The van der Waals surface area contributed by atoms with Crippen LogP contribution >= 0.6 is 0 Å². The Balaban J connectivity index is 2.24. The molecule has 2 aromatic rings. The third kappa shape index (κ3) is 2.79. The average molecular weight is 276 g/mol. The van der Waals surface area contributed by atoms with Crippen LogP contribution in [0.1, 0.15) is 6.42 Å². The molecular weight excluding hydrogens is 259 g/mol. The highest BCUT2D eigenvalue weighted by Crippen LogP contribution is 2.29. The molecule has 0 bridgehead atoms. The molecule has 20 heavy (non-hydrogen) atoms. The molecule has 0 aliphatic carbocycles. The number of rotatable bonds is 4. The van der Waals surface area contributed by atoms with Crippen molar-refractivity contribution in [1.29, 1.82) is 0 Å². The quantitative estimate of drug-likeness (QED) is 0.836. The minimum Gasteiger partial charge on any atom is -0.398 e. The Labute approximate surface area is 116 Å². The molecule has 1 aromatic heterocycles. The second kappa shape index (κ2) is 5.73. The summed E-state index contributed by atoms with van der Waals surface area (Å²) in [5.41, 5.74) is 6.88. The maximum Gasteiger partial charge on any atom is 0.223 e. The van der Waals surface area contributed by atoms with E-state index in [-0.39, 0.29) is 18.0 Å². The number of amides is 1. The normalized spacial score (nSPS) is 10.6. The van der Waals surface area contributed by atoms with Gasteiger partial charge < -0.3 is 16.0 Å². The predicted molar refractivity (Wildman–Crippen MR) is 77.9 cm³/mol. The molecule has 0 saturated carbocycles. The maximum absolute atomic E-state index is 14.0. The Morgan fingerprint density at radius 3 is 2.95 bits per heavy atom. The number of carbonyl (C=O) groups is 1. The van der Waals surface area contributed by atoms with Crippen LogP contribution in [0, 0.1) is 5.82 Å². The van der Waals surface area contributed by atoms with Crippen molar-refractivity contribution >= 4 is 28.2 Å². The summed E-state index contributed by atoms with van der Waals surface area (Å²) in [6.45, 7) is 0.337. The van der Waals surface area contributed by atoms with Crippen LogP contribution < -0.4 is 11.1 Å². The fourth-order valence-electron chi connectivity index (χ4n) is 1.92. The number of hydrogen-bond donors (Lipinski definition) is 2. The van der Waals surface area contributed by atoms with E-state index in [2.05, 4.69) is 10.3 Å². The van der Waals surface area contributed by atoms with Crippen molar-refractivity contribution in [3.05, 3.63) is 30.2 Å².